The molecule has 0 radical (unpaired) electrons. The van der Waals surface area contributed by atoms with Crippen LogP contribution in [0.2, 0.25) is 0 Å². The summed E-state index contributed by atoms with van der Waals surface area (Å²) in [7, 11) is 1.87. The highest BCUT2D eigenvalue weighted by atomic mass is 127. The van der Waals surface area contributed by atoms with Crippen molar-refractivity contribution in [3.63, 3.8) is 0 Å². The first-order valence-electron chi connectivity index (χ1n) is 12.5. The Kier molecular flexibility index (Phi) is 12.4. The topological polar surface area (TPSA) is 66.9 Å². The van der Waals surface area contributed by atoms with Gasteiger partial charge in [0.25, 0.3) is 0 Å². The molecule has 1 saturated carbocycles. The maximum atomic E-state index is 5.69. The van der Waals surface area contributed by atoms with E-state index in [1.807, 2.05) is 7.05 Å². The molecule has 2 fully saturated rings. The highest BCUT2D eigenvalue weighted by molar-refractivity contribution is 14.0. The minimum absolute atomic E-state index is 0. The van der Waals surface area contributed by atoms with Gasteiger partial charge in [0, 0.05) is 58.1 Å². The number of rotatable bonds is 11. The molecule has 0 amide bonds. The second kappa shape index (κ2) is 14.5. The summed E-state index contributed by atoms with van der Waals surface area (Å²) in [6.07, 6.45) is 8.32. The van der Waals surface area contributed by atoms with Crippen molar-refractivity contribution in [1.29, 1.82) is 0 Å². The van der Waals surface area contributed by atoms with E-state index in [-0.39, 0.29) is 35.6 Å². The van der Waals surface area contributed by atoms with Gasteiger partial charge in [-0.1, -0.05) is 43.2 Å². The molecule has 1 aromatic rings. The average Bonchev–Trinajstić information content (AvgIpc) is 3.29. The van der Waals surface area contributed by atoms with Crippen LogP contribution < -0.4 is 16.0 Å². The summed E-state index contributed by atoms with van der Waals surface area (Å²) in [4.78, 5) is 4.53. The van der Waals surface area contributed by atoms with Crippen LogP contribution in [0.4, 0.5) is 0 Å². The Morgan fingerprint density at radius 3 is 2.36 bits per heavy atom. The molecule has 3 N–H and O–H groups in total. The minimum Gasteiger partial charge on any atom is -0.382 e. The van der Waals surface area contributed by atoms with Gasteiger partial charge in [0.05, 0.1) is 0 Å². The SMILES string of the molecule is CCOCCC1(CNC(=NC)NCC2(NC(C)c3ccccc3)CCOCC2)CCCC1.I. The van der Waals surface area contributed by atoms with Crippen LogP contribution in [0.3, 0.4) is 0 Å². The summed E-state index contributed by atoms with van der Waals surface area (Å²) in [6.45, 7) is 9.36. The highest BCUT2D eigenvalue weighted by Gasteiger charge is 2.35. The third kappa shape index (κ3) is 8.67. The van der Waals surface area contributed by atoms with Crippen molar-refractivity contribution in [3.8, 4) is 0 Å². The zero-order valence-electron chi connectivity index (χ0n) is 20.8. The van der Waals surface area contributed by atoms with E-state index in [0.717, 1.165) is 64.7 Å². The van der Waals surface area contributed by atoms with Crippen molar-refractivity contribution in [3.05, 3.63) is 35.9 Å². The molecule has 1 aliphatic carbocycles. The van der Waals surface area contributed by atoms with E-state index in [9.17, 15) is 0 Å². The van der Waals surface area contributed by atoms with Crippen molar-refractivity contribution in [2.24, 2.45) is 10.4 Å². The first-order valence-corrected chi connectivity index (χ1v) is 12.5. The minimum atomic E-state index is -0.00879. The van der Waals surface area contributed by atoms with Crippen molar-refractivity contribution in [1.82, 2.24) is 16.0 Å². The Morgan fingerprint density at radius 2 is 1.73 bits per heavy atom. The predicted octanol–water partition coefficient (Wildman–Crippen LogP) is 4.66. The van der Waals surface area contributed by atoms with Gasteiger partial charge in [0.1, 0.15) is 0 Å². The van der Waals surface area contributed by atoms with E-state index in [0.29, 0.717) is 5.41 Å². The molecular formula is C26H45IN4O2. The van der Waals surface area contributed by atoms with Gasteiger partial charge in [-0.15, -0.1) is 24.0 Å². The molecule has 6 nitrogen and oxygen atoms in total. The number of halogens is 1. The second-order valence-electron chi connectivity index (χ2n) is 9.60. The molecule has 1 aromatic carbocycles. The Balaban J connectivity index is 0.00000385. The summed E-state index contributed by atoms with van der Waals surface area (Å²) in [6, 6.07) is 11.0. The molecular weight excluding hydrogens is 527 g/mol. The number of ether oxygens (including phenoxy) is 2. The van der Waals surface area contributed by atoms with E-state index in [1.165, 1.54) is 31.2 Å². The smallest absolute Gasteiger partial charge is 0.191 e. The van der Waals surface area contributed by atoms with Gasteiger partial charge >= 0.3 is 0 Å². The van der Waals surface area contributed by atoms with E-state index in [1.54, 1.807) is 0 Å². The maximum Gasteiger partial charge on any atom is 0.191 e. The summed E-state index contributed by atoms with van der Waals surface area (Å²) in [5.41, 5.74) is 1.65. The van der Waals surface area contributed by atoms with Gasteiger partial charge in [0.2, 0.25) is 0 Å². The van der Waals surface area contributed by atoms with Crippen molar-refractivity contribution >= 4 is 29.9 Å². The lowest BCUT2D eigenvalue weighted by atomic mass is 9.83. The first-order chi connectivity index (χ1) is 15.6. The van der Waals surface area contributed by atoms with Gasteiger partial charge in [-0.3, -0.25) is 4.99 Å². The molecule has 1 heterocycles. The number of nitrogens with zero attached hydrogens (tertiary/aromatic N) is 1. The normalized spacial score (nSPS) is 20.6. The molecule has 33 heavy (non-hydrogen) atoms. The van der Waals surface area contributed by atoms with Crippen LogP contribution in [0.1, 0.15) is 70.4 Å². The third-order valence-corrected chi connectivity index (χ3v) is 7.37. The summed E-state index contributed by atoms with van der Waals surface area (Å²) in [5.74, 6) is 0.896. The first kappa shape index (κ1) is 28.3. The number of benzene rings is 1. The van der Waals surface area contributed by atoms with Crippen LogP contribution in [0, 0.1) is 5.41 Å². The van der Waals surface area contributed by atoms with E-state index < -0.39 is 0 Å². The van der Waals surface area contributed by atoms with Crippen molar-refractivity contribution in [2.75, 3.05) is 46.6 Å². The number of hydrogen-bond donors (Lipinski definition) is 3. The Bertz CT molecular complexity index is 689. The molecule has 2 aliphatic rings. The number of nitrogens with one attached hydrogen (secondary N) is 3. The van der Waals surface area contributed by atoms with Crippen LogP contribution in [-0.2, 0) is 9.47 Å². The molecule has 1 saturated heterocycles. The highest BCUT2D eigenvalue weighted by Crippen LogP contribution is 2.40. The lowest BCUT2D eigenvalue weighted by Gasteiger charge is -2.41. The molecule has 188 valence electrons. The fourth-order valence-electron chi connectivity index (χ4n) is 5.24. The number of hydrogen-bond acceptors (Lipinski definition) is 4. The van der Waals surface area contributed by atoms with Crippen molar-refractivity contribution in [2.45, 2.75) is 70.4 Å². The van der Waals surface area contributed by atoms with E-state index >= 15 is 0 Å². The molecule has 7 heteroatoms. The molecule has 3 rings (SSSR count). The van der Waals surface area contributed by atoms with Crippen LogP contribution in [0.5, 0.6) is 0 Å². The molecule has 0 spiro atoms. The largest absolute Gasteiger partial charge is 0.382 e. The molecule has 1 unspecified atom stereocenters. The lowest BCUT2D eigenvalue weighted by Crippen LogP contribution is -2.58. The van der Waals surface area contributed by atoms with Gasteiger partial charge in [-0.2, -0.15) is 0 Å². The molecule has 1 aliphatic heterocycles. The summed E-state index contributed by atoms with van der Waals surface area (Å²) < 4.78 is 11.4. The lowest BCUT2D eigenvalue weighted by molar-refractivity contribution is 0.0354. The van der Waals surface area contributed by atoms with Crippen LogP contribution >= 0.6 is 24.0 Å². The summed E-state index contributed by atoms with van der Waals surface area (Å²) >= 11 is 0. The standard InChI is InChI=1S/C26H44N4O2.HI/c1-4-31-17-14-25(12-8-9-13-25)20-28-24(27-3)29-21-26(15-18-32-19-16-26)30-22(2)23-10-6-5-7-11-23;/h5-7,10-11,22,30H,4,8-9,12-21H2,1-3H3,(H2,27,28,29);1H. The zero-order chi connectivity index (χ0) is 22.7. The fourth-order valence-corrected chi connectivity index (χ4v) is 5.24. The number of guanidine groups is 1. The predicted molar refractivity (Wildman–Crippen MR) is 148 cm³/mol. The quantitative estimate of drug-likeness (QED) is 0.156. The van der Waals surface area contributed by atoms with Gasteiger partial charge in [-0.25, -0.2) is 0 Å². The van der Waals surface area contributed by atoms with Gasteiger partial charge < -0.3 is 25.4 Å². The molecule has 0 aromatic heterocycles. The van der Waals surface area contributed by atoms with Crippen molar-refractivity contribution < 1.29 is 9.47 Å². The van der Waals surface area contributed by atoms with E-state index in [2.05, 4.69) is 65.1 Å². The summed E-state index contributed by atoms with van der Waals surface area (Å²) in [5, 5.41) is 11.2. The van der Waals surface area contributed by atoms with Gasteiger partial charge in [-0.05, 0) is 56.9 Å². The average molecular weight is 573 g/mol. The monoisotopic (exact) mass is 572 g/mol. The zero-order valence-corrected chi connectivity index (χ0v) is 23.2. The fraction of sp³-hybridized carbons (Fsp3) is 0.731. The molecule has 0 bridgehead atoms. The van der Waals surface area contributed by atoms with Gasteiger partial charge in [0.15, 0.2) is 5.96 Å². The number of aliphatic imine (C=N–C) groups is 1. The van der Waals surface area contributed by atoms with Crippen LogP contribution in [0.15, 0.2) is 35.3 Å². The Morgan fingerprint density at radius 1 is 1.06 bits per heavy atom. The van der Waals surface area contributed by atoms with E-state index in [4.69, 9.17) is 9.47 Å². The van der Waals surface area contributed by atoms with Crippen LogP contribution in [0.25, 0.3) is 0 Å². The second-order valence-corrected chi connectivity index (χ2v) is 9.60. The molecule has 1 atom stereocenters. The Hall–Kier alpha value is -0.900. The van der Waals surface area contributed by atoms with Crippen LogP contribution in [-0.4, -0.2) is 58.1 Å². The maximum absolute atomic E-state index is 5.69. The Labute approximate surface area is 218 Å². The third-order valence-electron chi connectivity index (χ3n) is 7.37.